The van der Waals surface area contributed by atoms with E-state index in [4.69, 9.17) is 5.11 Å². The normalized spacial score (nSPS) is 10.1. The Bertz CT molecular complexity index is 686. The molecule has 0 aromatic heterocycles. The van der Waals surface area contributed by atoms with E-state index in [0.29, 0.717) is 0 Å². The molecule has 0 unspecified atom stereocenters. The summed E-state index contributed by atoms with van der Waals surface area (Å²) >= 11 is 0. The van der Waals surface area contributed by atoms with Crippen molar-refractivity contribution in [2.75, 3.05) is 5.32 Å². The number of aromatic carboxylic acids is 1. The minimum absolute atomic E-state index is 0.135. The van der Waals surface area contributed by atoms with Crippen molar-refractivity contribution in [3.05, 3.63) is 65.2 Å². The van der Waals surface area contributed by atoms with Crippen molar-refractivity contribution in [3.8, 4) is 0 Å². The molecule has 2 aromatic rings. The molecule has 0 fully saturated rings. The lowest BCUT2D eigenvalue weighted by molar-refractivity contribution is 0.0692. The lowest BCUT2D eigenvalue weighted by Crippen LogP contribution is -2.17. The van der Waals surface area contributed by atoms with E-state index in [1.165, 1.54) is 24.3 Å². The fourth-order valence-electron chi connectivity index (χ4n) is 1.65. The van der Waals surface area contributed by atoms with Crippen LogP contribution in [0.4, 0.5) is 14.5 Å². The number of halogens is 2. The van der Waals surface area contributed by atoms with Gasteiger partial charge in [-0.3, -0.25) is 4.79 Å². The molecule has 2 N–H and O–H groups in total. The van der Waals surface area contributed by atoms with Gasteiger partial charge in [-0.05, 0) is 24.3 Å². The number of benzene rings is 2. The number of hydrogen-bond donors (Lipinski definition) is 2. The van der Waals surface area contributed by atoms with Crippen molar-refractivity contribution in [2.24, 2.45) is 0 Å². The van der Waals surface area contributed by atoms with Gasteiger partial charge in [0.1, 0.15) is 11.6 Å². The largest absolute Gasteiger partial charge is 0.478 e. The Morgan fingerprint density at radius 3 is 2.30 bits per heavy atom. The average molecular weight is 277 g/mol. The zero-order chi connectivity index (χ0) is 14.7. The molecule has 102 valence electrons. The predicted molar refractivity (Wildman–Crippen MR) is 67.7 cm³/mol. The first kappa shape index (κ1) is 13.7. The Hall–Kier alpha value is -2.76. The van der Waals surface area contributed by atoms with E-state index < -0.39 is 23.5 Å². The number of carbonyl (C=O) groups excluding carboxylic acids is 1. The molecular weight excluding hydrogens is 268 g/mol. The first-order valence-corrected chi connectivity index (χ1v) is 5.58. The lowest BCUT2D eigenvalue weighted by atomic mass is 10.1. The Kier molecular flexibility index (Phi) is 3.74. The quantitative estimate of drug-likeness (QED) is 0.906. The molecule has 0 atom stereocenters. The molecule has 0 saturated heterocycles. The summed E-state index contributed by atoms with van der Waals surface area (Å²) < 4.78 is 26.4. The lowest BCUT2D eigenvalue weighted by Gasteiger charge is -2.08. The van der Waals surface area contributed by atoms with Gasteiger partial charge in [0, 0.05) is 6.07 Å². The minimum Gasteiger partial charge on any atom is -0.478 e. The van der Waals surface area contributed by atoms with Crippen molar-refractivity contribution >= 4 is 17.6 Å². The standard InChI is InChI=1S/C14H9F2NO3/c15-8-5-6-11(16)12(7-8)17-13(18)9-3-1-2-4-10(9)14(19)20/h1-7H,(H,17,18)(H,19,20). The summed E-state index contributed by atoms with van der Waals surface area (Å²) in [7, 11) is 0. The Morgan fingerprint density at radius 2 is 1.65 bits per heavy atom. The van der Waals surface area contributed by atoms with Gasteiger partial charge >= 0.3 is 5.97 Å². The number of anilines is 1. The third kappa shape index (κ3) is 2.80. The number of nitrogens with one attached hydrogen (secondary N) is 1. The number of amides is 1. The number of rotatable bonds is 3. The number of carboxylic acid groups (broad SMARTS) is 1. The highest BCUT2D eigenvalue weighted by molar-refractivity contribution is 6.10. The smallest absolute Gasteiger partial charge is 0.336 e. The van der Waals surface area contributed by atoms with Crippen LogP contribution in [-0.2, 0) is 0 Å². The van der Waals surface area contributed by atoms with Gasteiger partial charge in [0.15, 0.2) is 0 Å². The van der Waals surface area contributed by atoms with Crippen LogP contribution in [0.15, 0.2) is 42.5 Å². The Morgan fingerprint density at radius 1 is 1.00 bits per heavy atom. The molecule has 0 spiro atoms. The van der Waals surface area contributed by atoms with Crippen LogP contribution < -0.4 is 5.32 Å². The monoisotopic (exact) mass is 277 g/mol. The molecule has 0 aliphatic carbocycles. The second kappa shape index (κ2) is 5.48. The van der Waals surface area contributed by atoms with E-state index in [1.807, 2.05) is 0 Å². The zero-order valence-corrected chi connectivity index (χ0v) is 10.1. The van der Waals surface area contributed by atoms with E-state index in [1.54, 1.807) is 0 Å². The van der Waals surface area contributed by atoms with Crippen molar-refractivity contribution in [1.29, 1.82) is 0 Å². The van der Waals surface area contributed by atoms with Crippen molar-refractivity contribution in [2.45, 2.75) is 0 Å². The molecule has 4 nitrogen and oxygen atoms in total. The van der Waals surface area contributed by atoms with Crippen LogP contribution in [-0.4, -0.2) is 17.0 Å². The Labute approximate surface area is 112 Å². The van der Waals surface area contributed by atoms with Crippen LogP contribution in [0.2, 0.25) is 0 Å². The van der Waals surface area contributed by atoms with Crippen LogP contribution in [0.25, 0.3) is 0 Å². The van der Waals surface area contributed by atoms with Gasteiger partial charge < -0.3 is 10.4 Å². The molecule has 6 heteroatoms. The molecule has 20 heavy (non-hydrogen) atoms. The first-order valence-electron chi connectivity index (χ1n) is 5.58. The highest BCUT2D eigenvalue weighted by Crippen LogP contribution is 2.17. The van der Waals surface area contributed by atoms with E-state index in [0.717, 1.165) is 18.2 Å². The van der Waals surface area contributed by atoms with Gasteiger partial charge in [0.2, 0.25) is 0 Å². The summed E-state index contributed by atoms with van der Waals surface area (Å²) in [5, 5.41) is 11.1. The van der Waals surface area contributed by atoms with Crippen LogP contribution >= 0.6 is 0 Å². The van der Waals surface area contributed by atoms with Gasteiger partial charge in [-0.15, -0.1) is 0 Å². The van der Waals surface area contributed by atoms with Crippen LogP contribution in [0.1, 0.15) is 20.7 Å². The summed E-state index contributed by atoms with van der Waals surface area (Å²) in [6, 6.07) is 8.07. The molecule has 0 saturated carbocycles. The number of hydrogen-bond acceptors (Lipinski definition) is 2. The fourth-order valence-corrected chi connectivity index (χ4v) is 1.65. The molecule has 0 aliphatic heterocycles. The van der Waals surface area contributed by atoms with Crippen LogP contribution in [0.3, 0.4) is 0 Å². The average Bonchev–Trinajstić information content (AvgIpc) is 2.42. The van der Waals surface area contributed by atoms with E-state index in [9.17, 15) is 18.4 Å². The second-order valence-electron chi connectivity index (χ2n) is 3.93. The topological polar surface area (TPSA) is 66.4 Å². The molecular formula is C14H9F2NO3. The molecule has 0 radical (unpaired) electrons. The van der Waals surface area contributed by atoms with E-state index >= 15 is 0 Å². The van der Waals surface area contributed by atoms with Gasteiger partial charge in [-0.2, -0.15) is 0 Å². The highest BCUT2D eigenvalue weighted by atomic mass is 19.1. The highest BCUT2D eigenvalue weighted by Gasteiger charge is 2.17. The summed E-state index contributed by atoms with van der Waals surface area (Å²) in [5.41, 5.74) is -0.708. The number of carbonyl (C=O) groups is 2. The van der Waals surface area contributed by atoms with Crippen molar-refractivity contribution < 1.29 is 23.5 Å². The summed E-state index contributed by atoms with van der Waals surface area (Å²) in [5.74, 6) is -3.64. The first-order chi connectivity index (χ1) is 9.49. The maximum absolute atomic E-state index is 13.4. The fraction of sp³-hybridized carbons (Fsp3) is 0. The SMILES string of the molecule is O=C(O)c1ccccc1C(=O)Nc1cc(F)ccc1F. The molecule has 2 rings (SSSR count). The maximum atomic E-state index is 13.4. The summed E-state index contributed by atoms with van der Waals surface area (Å²) in [6.45, 7) is 0. The van der Waals surface area contributed by atoms with E-state index in [2.05, 4.69) is 5.32 Å². The van der Waals surface area contributed by atoms with Crippen molar-refractivity contribution in [3.63, 3.8) is 0 Å². The minimum atomic E-state index is -1.28. The van der Waals surface area contributed by atoms with Gasteiger partial charge in [0.25, 0.3) is 5.91 Å². The van der Waals surface area contributed by atoms with Crippen LogP contribution in [0.5, 0.6) is 0 Å². The molecule has 0 aliphatic rings. The van der Waals surface area contributed by atoms with Crippen molar-refractivity contribution in [1.82, 2.24) is 0 Å². The summed E-state index contributed by atoms with van der Waals surface area (Å²) in [4.78, 5) is 22.9. The molecule has 0 heterocycles. The van der Waals surface area contributed by atoms with Gasteiger partial charge in [-0.25, -0.2) is 13.6 Å². The van der Waals surface area contributed by atoms with E-state index in [-0.39, 0.29) is 16.8 Å². The predicted octanol–water partition coefficient (Wildman–Crippen LogP) is 2.92. The third-order valence-corrected chi connectivity index (χ3v) is 2.58. The third-order valence-electron chi connectivity index (χ3n) is 2.58. The molecule has 2 aromatic carbocycles. The van der Waals surface area contributed by atoms with Gasteiger partial charge in [-0.1, -0.05) is 12.1 Å². The van der Waals surface area contributed by atoms with Gasteiger partial charge in [0.05, 0.1) is 16.8 Å². The summed E-state index contributed by atoms with van der Waals surface area (Å²) in [6.07, 6.45) is 0. The molecule has 1 amide bonds. The zero-order valence-electron chi connectivity index (χ0n) is 10.1. The van der Waals surface area contributed by atoms with Crippen LogP contribution in [0, 0.1) is 11.6 Å². The number of carboxylic acids is 1. The Balaban J connectivity index is 2.33. The molecule has 0 bridgehead atoms. The maximum Gasteiger partial charge on any atom is 0.336 e. The second-order valence-corrected chi connectivity index (χ2v) is 3.93.